The zero-order valence-electron chi connectivity index (χ0n) is 53.0. The zero-order valence-corrected chi connectivity index (χ0v) is 53.0. The molecule has 9 heteroatoms. The Morgan fingerprint density at radius 3 is 0.577 bits per heavy atom. The van der Waals surface area contributed by atoms with Gasteiger partial charge in [-0.15, -0.1) is 0 Å². The van der Waals surface area contributed by atoms with Crippen molar-refractivity contribution in [3.8, 4) is 0 Å². The highest BCUT2D eigenvalue weighted by Crippen LogP contribution is 2.49. The van der Waals surface area contributed by atoms with E-state index in [9.17, 15) is 0 Å². The summed E-state index contributed by atoms with van der Waals surface area (Å²) >= 11 is 0. The van der Waals surface area contributed by atoms with Crippen LogP contribution in [0.5, 0.6) is 0 Å². The molecule has 6 aliphatic rings. The van der Waals surface area contributed by atoms with Crippen molar-refractivity contribution in [2.45, 2.75) is 0 Å². The van der Waals surface area contributed by atoms with Gasteiger partial charge in [0.1, 0.15) is 0 Å². The molecule has 0 saturated heterocycles. The van der Waals surface area contributed by atoms with Gasteiger partial charge in [0.2, 0.25) is 0 Å². The Kier molecular flexibility index (Phi) is 12.5. The third-order valence-corrected chi connectivity index (χ3v) is 20.8. The molecule has 6 heterocycles. The summed E-state index contributed by atoms with van der Waals surface area (Å²) in [6.07, 6.45) is 0. The average molecular weight is 1230 g/mol. The number of hydrogen-bond donors (Lipinski definition) is 0. The molecule has 15 aromatic carbocycles. The molecular weight excluding hydrogens is 1170 g/mol. The summed E-state index contributed by atoms with van der Waals surface area (Å²) in [5.74, 6) is 0. The molecule has 0 aromatic heterocycles. The van der Waals surface area contributed by atoms with E-state index in [-0.39, 0.29) is 20.1 Å². The van der Waals surface area contributed by atoms with E-state index in [0.717, 1.165) is 22.7 Å². The first-order valence-electron chi connectivity index (χ1n) is 33.7. The number of fused-ring (bicyclic) bond motifs is 15. The van der Waals surface area contributed by atoms with E-state index in [2.05, 4.69) is 387 Å². The van der Waals surface area contributed by atoms with Gasteiger partial charge in [-0.3, -0.25) is 0 Å². The predicted molar refractivity (Wildman–Crippen MR) is 412 cm³/mol. The van der Waals surface area contributed by atoms with Gasteiger partial charge in [-0.1, -0.05) is 212 Å². The number of nitrogens with zero attached hydrogens (tertiary/aromatic N) is 6. The van der Waals surface area contributed by atoms with Crippen LogP contribution >= 0.6 is 0 Å². The van der Waals surface area contributed by atoms with Gasteiger partial charge in [0.05, 0.1) is 0 Å². The van der Waals surface area contributed by atoms with Gasteiger partial charge in [0.25, 0.3) is 20.1 Å². The standard InChI is InChI=1S/C58H38B2N4.C30H21BN2/c1-5-19-39(20-6-1)61-47-29-15-13-27-45(47)59-55-43-35-38-54-56(44(43)36-37-53(55)63(41-23-9-3-10-24-41)51-33-17-31-49(61)57(51)59)60-46-28-14-16-30-48(46)62(40-21-7-2-8-22-40)50-32-18-34-52(58(50)60)64(54)42-25-11-4-12-26-42;1-3-12-22(13-4-1)32-26-18-9-7-16-24(26)31-25-17-8-10-19-27(25)33(23-14-5-2-6-15-23)29-21-11-20-28(32)30(29)31/h1-38H;1-21H. The van der Waals surface area contributed by atoms with Crippen LogP contribution in [0.1, 0.15) is 0 Å². The highest BCUT2D eigenvalue weighted by atomic mass is 15.2. The summed E-state index contributed by atoms with van der Waals surface area (Å²) in [6.45, 7) is 0.175. The molecule has 6 aliphatic heterocycles. The third kappa shape index (κ3) is 8.25. The van der Waals surface area contributed by atoms with Gasteiger partial charge >= 0.3 is 0 Å². The van der Waals surface area contributed by atoms with Crippen molar-refractivity contribution in [1.82, 2.24) is 0 Å². The predicted octanol–water partition coefficient (Wildman–Crippen LogP) is 16.8. The van der Waals surface area contributed by atoms with Crippen LogP contribution in [-0.4, -0.2) is 20.1 Å². The van der Waals surface area contributed by atoms with E-state index in [0.29, 0.717) is 0 Å². The SMILES string of the molecule is c1ccc(N2c3ccccc3B3c4c2cccc4N(c2ccccc2)c2ccc4c5c(ccc4c23)N(c2ccccc2)c2cccc3c2B5c2ccccc2N3c2ccccc2)cc1.c1ccc(N2c3ccccc3B3c4ccccc4N(c4ccccc4)c4cccc2c43)cc1. The number of para-hydroxylation sites is 10. The first-order chi connectivity index (χ1) is 48.2. The molecule has 0 radical (unpaired) electrons. The molecular formula is C88H59B3N6. The van der Waals surface area contributed by atoms with Crippen LogP contribution in [-0.2, 0) is 0 Å². The molecule has 0 aliphatic carbocycles. The first kappa shape index (κ1) is 55.0. The maximum Gasteiger partial charge on any atom is 0.252 e. The maximum atomic E-state index is 2.51. The maximum absolute atomic E-state index is 2.51. The minimum atomic E-state index is -0.0112. The van der Waals surface area contributed by atoms with E-state index in [4.69, 9.17) is 0 Å². The van der Waals surface area contributed by atoms with Crippen LogP contribution in [0.15, 0.2) is 358 Å². The van der Waals surface area contributed by atoms with Gasteiger partial charge in [-0.2, -0.15) is 0 Å². The molecule has 15 aromatic rings. The van der Waals surface area contributed by atoms with Crippen molar-refractivity contribution in [2.24, 2.45) is 0 Å². The summed E-state index contributed by atoms with van der Waals surface area (Å²) in [5.41, 5.74) is 33.7. The van der Waals surface area contributed by atoms with Crippen molar-refractivity contribution in [3.63, 3.8) is 0 Å². The Morgan fingerprint density at radius 1 is 0.134 bits per heavy atom. The van der Waals surface area contributed by atoms with Gasteiger partial charge in [-0.25, -0.2) is 0 Å². The van der Waals surface area contributed by atoms with E-state index in [1.54, 1.807) is 0 Å². The van der Waals surface area contributed by atoms with Crippen molar-refractivity contribution in [3.05, 3.63) is 358 Å². The number of hydrogen-bond acceptors (Lipinski definition) is 6. The van der Waals surface area contributed by atoms with Gasteiger partial charge in [0, 0.05) is 102 Å². The number of rotatable bonds is 6. The molecule has 6 nitrogen and oxygen atoms in total. The molecule has 0 unspecified atom stereocenters. The highest BCUT2D eigenvalue weighted by molar-refractivity contribution is 7.04. The van der Waals surface area contributed by atoms with Gasteiger partial charge in [-0.05, 0) is 206 Å². The van der Waals surface area contributed by atoms with E-state index >= 15 is 0 Å². The minimum Gasteiger partial charge on any atom is -0.311 e. The molecule has 0 bridgehead atoms. The van der Waals surface area contributed by atoms with Crippen LogP contribution in [0.25, 0.3) is 10.8 Å². The highest BCUT2D eigenvalue weighted by Gasteiger charge is 2.48. The lowest BCUT2D eigenvalue weighted by atomic mass is 9.31. The smallest absolute Gasteiger partial charge is 0.252 e. The molecule has 21 rings (SSSR count). The second-order valence-corrected chi connectivity index (χ2v) is 25.8. The van der Waals surface area contributed by atoms with Crippen molar-refractivity contribution >= 4 is 182 Å². The molecule has 0 atom stereocenters. The quantitative estimate of drug-likeness (QED) is 0.153. The van der Waals surface area contributed by atoms with Crippen LogP contribution in [0.3, 0.4) is 0 Å². The molecule has 0 fully saturated rings. The van der Waals surface area contributed by atoms with E-state index in [1.807, 2.05) is 0 Å². The normalized spacial score (nSPS) is 13.6. The summed E-state index contributed by atoms with van der Waals surface area (Å²) in [4.78, 5) is 14.8. The fraction of sp³-hybridized carbons (Fsp3) is 0. The van der Waals surface area contributed by atoms with Crippen LogP contribution in [0.2, 0.25) is 0 Å². The average Bonchev–Trinajstić information content (AvgIpc) is 0.693. The monoisotopic (exact) mass is 1230 g/mol. The van der Waals surface area contributed by atoms with Gasteiger partial charge < -0.3 is 29.4 Å². The third-order valence-electron chi connectivity index (χ3n) is 20.8. The topological polar surface area (TPSA) is 19.4 Å². The fourth-order valence-corrected chi connectivity index (χ4v) is 17.1. The lowest BCUT2D eigenvalue weighted by Gasteiger charge is -2.46. The zero-order chi connectivity index (χ0) is 63.7. The molecule has 0 N–H and O–H groups in total. The number of anilines is 18. The van der Waals surface area contributed by atoms with E-state index < -0.39 is 0 Å². The first-order valence-corrected chi connectivity index (χ1v) is 33.7. The minimum absolute atomic E-state index is 0.0112. The van der Waals surface area contributed by atoms with E-state index in [1.165, 1.54) is 140 Å². The van der Waals surface area contributed by atoms with Crippen LogP contribution in [0, 0.1) is 0 Å². The molecule has 97 heavy (non-hydrogen) atoms. The van der Waals surface area contributed by atoms with Crippen molar-refractivity contribution < 1.29 is 0 Å². The molecule has 0 spiro atoms. The Bertz CT molecular complexity index is 5240. The summed E-state index contributed by atoms with van der Waals surface area (Å²) in [5, 5.41) is 2.56. The largest absolute Gasteiger partial charge is 0.311 e. The van der Waals surface area contributed by atoms with Crippen LogP contribution in [0.4, 0.5) is 102 Å². The fourth-order valence-electron chi connectivity index (χ4n) is 17.1. The Morgan fingerprint density at radius 2 is 0.320 bits per heavy atom. The second kappa shape index (κ2) is 22.1. The summed E-state index contributed by atoms with van der Waals surface area (Å²) in [6, 6.07) is 131. The lowest BCUT2D eigenvalue weighted by molar-refractivity contribution is 1.25. The Labute approximate surface area is 566 Å². The molecule has 0 saturated carbocycles. The Balaban J connectivity index is 0.000000163. The lowest BCUT2D eigenvalue weighted by Crippen LogP contribution is -2.63. The second-order valence-electron chi connectivity index (χ2n) is 25.8. The summed E-state index contributed by atoms with van der Waals surface area (Å²) in [7, 11) is 0. The van der Waals surface area contributed by atoms with Crippen LogP contribution < -0.4 is 78.6 Å². The summed E-state index contributed by atoms with van der Waals surface area (Å²) < 4.78 is 0. The molecule has 450 valence electrons. The Hall–Kier alpha value is -12.4. The number of benzene rings is 15. The molecule has 0 amide bonds. The van der Waals surface area contributed by atoms with Gasteiger partial charge in [0.15, 0.2) is 0 Å². The van der Waals surface area contributed by atoms with Crippen molar-refractivity contribution in [2.75, 3.05) is 29.4 Å². The van der Waals surface area contributed by atoms with Crippen molar-refractivity contribution in [1.29, 1.82) is 0 Å².